The molecule has 1 rings (SSSR count). The van der Waals surface area contributed by atoms with Crippen molar-refractivity contribution in [3.05, 3.63) is 0 Å². The van der Waals surface area contributed by atoms with E-state index >= 15 is 0 Å². The van der Waals surface area contributed by atoms with Crippen LogP contribution >= 0.6 is 0 Å². The highest BCUT2D eigenvalue weighted by Gasteiger charge is 2.40. The van der Waals surface area contributed by atoms with Gasteiger partial charge in [-0.2, -0.15) is 0 Å². The van der Waals surface area contributed by atoms with Crippen LogP contribution in [0.4, 0.5) is 0 Å². The lowest BCUT2D eigenvalue weighted by molar-refractivity contribution is -0.146. The van der Waals surface area contributed by atoms with Crippen molar-refractivity contribution in [3.8, 4) is 0 Å². The van der Waals surface area contributed by atoms with Crippen molar-refractivity contribution in [2.45, 2.75) is 32.6 Å². The second-order valence-electron chi connectivity index (χ2n) is 5.12. The van der Waals surface area contributed by atoms with Gasteiger partial charge in [-0.15, -0.1) is 0 Å². The van der Waals surface area contributed by atoms with Crippen molar-refractivity contribution in [1.82, 2.24) is 5.32 Å². The summed E-state index contributed by atoms with van der Waals surface area (Å²) in [5.74, 6) is -1.52. The molecule has 3 atom stereocenters. The van der Waals surface area contributed by atoms with Crippen molar-refractivity contribution in [2.75, 3.05) is 20.3 Å². The average Bonchev–Trinajstić information content (AvgIpc) is 2.71. The van der Waals surface area contributed by atoms with E-state index in [4.69, 9.17) is 9.84 Å². The number of unbranched alkanes of at least 4 members (excludes halogenated alkanes) is 1. The molecule has 0 aromatic carbocycles. The van der Waals surface area contributed by atoms with Crippen molar-refractivity contribution < 1.29 is 19.4 Å². The number of carboxylic acid groups (broad SMARTS) is 1. The highest BCUT2D eigenvalue weighted by molar-refractivity contribution is 5.85. The summed E-state index contributed by atoms with van der Waals surface area (Å²) in [4.78, 5) is 23.0. The number of aliphatic carboxylic acids is 1. The van der Waals surface area contributed by atoms with Gasteiger partial charge in [-0.05, 0) is 31.6 Å². The summed E-state index contributed by atoms with van der Waals surface area (Å²) < 4.78 is 4.92. The summed E-state index contributed by atoms with van der Waals surface area (Å²) in [6, 6.07) is 0. The number of hydrogen-bond donors (Lipinski definition) is 2. The third-order valence-corrected chi connectivity index (χ3v) is 3.53. The van der Waals surface area contributed by atoms with Crippen molar-refractivity contribution in [3.63, 3.8) is 0 Å². The van der Waals surface area contributed by atoms with Crippen molar-refractivity contribution in [2.24, 2.45) is 17.8 Å². The lowest BCUT2D eigenvalue weighted by Crippen LogP contribution is -2.35. The number of carbonyl (C=O) groups is 2. The molecule has 1 aliphatic rings. The van der Waals surface area contributed by atoms with Gasteiger partial charge in [0.05, 0.1) is 11.8 Å². The van der Waals surface area contributed by atoms with Gasteiger partial charge in [0.1, 0.15) is 0 Å². The predicted molar refractivity (Wildman–Crippen MR) is 67.1 cm³/mol. The fraction of sp³-hybridized carbons (Fsp3) is 0.846. The Morgan fingerprint density at radius 2 is 1.94 bits per heavy atom. The Bertz CT molecular complexity index is 293. The third kappa shape index (κ3) is 4.29. The van der Waals surface area contributed by atoms with E-state index in [2.05, 4.69) is 5.32 Å². The zero-order valence-corrected chi connectivity index (χ0v) is 11.1. The number of carbonyl (C=O) groups excluding carboxylic acids is 1. The van der Waals surface area contributed by atoms with Gasteiger partial charge in [0.2, 0.25) is 5.91 Å². The van der Waals surface area contributed by atoms with Crippen LogP contribution in [-0.2, 0) is 14.3 Å². The molecule has 0 aromatic rings. The molecule has 0 bridgehead atoms. The van der Waals surface area contributed by atoms with Gasteiger partial charge in [0, 0.05) is 20.3 Å². The van der Waals surface area contributed by atoms with Crippen LogP contribution in [0.25, 0.3) is 0 Å². The lowest BCUT2D eigenvalue weighted by atomic mass is 9.95. The molecule has 0 saturated heterocycles. The SMILES string of the molecule is COCCCCNC(=O)C1CC(C)CC1C(=O)O. The molecule has 0 spiro atoms. The Balaban J connectivity index is 2.33. The monoisotopic (exact) mass is 257 g/mol. The number of methoxy groups -OCH3 is 1. The topological polar surface area (TPSA) is 75.6 Å². The Labute approximate surface area is 108 Å². The van der Waals surface area contributed by atoms with Crippen LogP contribution in [0.1, 0.15) is 32.6 Å². The Hall–Kier alpha value is -1.10. The molecule has 0 heterocycles. The van der Waals surface area contributed by atoms with Crippen LogP contribution in [0, 0.1) is 17.8 Å². The number of nitrogens with one attached hydrogen (secondary N) is 1. The van der Waals surface area contributed by atoms with Crippen LogP contribution in [0.2, 0.25) is 0 Å². The maximum absolute atomic E-state index is 11.9. The van der Waals surface area contributed by atoms with Gasteiger partial charge < -0.3 is 15.2 Å². The van der Waals surface area contributed by atoms with Crippen LogP contribution in [0.3, 0.4) is 0 Å². The number of carboxylic acids is 1. The second kappa shape index (κ2) is 7.36. The summed E-state index contributed by atoms with van der Waals surface area (Å²) in [5, 5.41) is 11.9. The lowest BCUT2D eigenvalue weighted by Gasteiger charge is -2.15. The summed E-state index contributed by atoms with van der Waals surface area (Å²) in [6.07, 6.45) is 3.05. The highest BCUT2D eigenvalue weighted by atomic mass is 16.5. The summed E-state index contributed by atoms with van der Waals surface area (Å²) in [7, 11) is 1.65. The van der Waals surface area contributed by atoms with Crippen molar-refractivity contribution in [1.29, 1.82) is 0 Å². The molecule has 18 heavy (non-hydrogen) atoms. The molecule has 5 heteroatoms. The fourth-order valence-corrected chi connectivity index (χ4v) is 2.57. The first kappa shape index (κ1) is 15.0. The predicted octanol–water partition coefficient (Wildman–Crippen LogP) is 1.28. The maximum atomic E-state index is 11.9. The van der Waals surface area contributed by atoms with Crippen LogP contribution in [0.5, 0.6) is 0 Å². The molecule has 3 unspecified atom stereocenters. The molecule has 1 saturated carbocycles. The van der Waals surface area contributed by atoms with Gasteiger partial charge >= 0.3 is 5.97 Å². The zero-order valence-electron chi connectivity index (χ0n) is 11.1. The van der Waals surface area contributed by atoms with Gasteiger partial charge in [-0.1, -0.05) is 6.92 Å². The summed E-state index contributed by atoms with van der Waals surface area (Å²) in [6.45, 7) is 3.29. The van der Waals surface area contributed by atoms with Crippen LogP contribution in [-0.4, -0.2) is 37.2 Å². The van der Waals surface area contributed by atoms with Gasteiger partial charge in [-0.25, -0.2) is 0 Å². The zero-order chi connectivity index (χ0) is 13.5. The molecule has 1 aliphatic carbocycles. The van der Waals surface area contributed by atoms with Crippen LogP contribution in [0.15, 0.2) is 0 Å². The van der Waals surface area contributed by atoms with Gasteiger partial charge in [-0.3, -0.25) is 9.59 Å². The van der Waals surface area contributed by atoms with E-state index in [9.17, 15) is 9.59 Å². The first-order valence-electron chi connectivity index (χ1n) is 6.55. The number of hydrogen-bond acceptors (Lipinski definition) is 3. The maximum Gasteiger partial charge on any atom is 0.307 e. The Morgan fingerprint density at radius 1 is 1.28 bits per heavy atom. The van der Waals surface area contributed by atoms with E-state index in [1.165, 1.54) is 0 Å². The first-order chi connectivity index (χ1) is 8.56. The van der Waals surface area contributed by atoms with E-state index in [1.54, 1.807) is 7.11 Å². The van der Waals surface area contributed by atoms with Crippen LogP contribution < -0.4 is 5.32 Å². The standard InChI is InChI=1S/C13H23NO4/c1-9-7-10(11(8-9)13(16)17)12(15)14-5-3-4-6-18-2/h9-11H,3-8H2,1-2H3,(H,14,15)(H,16,17). The van der Waals surface area contributed by atoms with Crippen molar-refractivity contribution >= 4 is 11.9 Å². The minimum Gasteiger partial charge on any atom is -0.481 e. The van der Waals surface area contributed by atoms with Gasteiger partial charge in [0.15, 0.2) is 0 Å². The van der Waals surface area contributed by atoms with E-state index in [-0.39, 0.29) is 11.8 Å². The Morgan fingerprint density at radius 3 is 2.56 bits per heavy atom. The molecule has 0 aromatic heterocycles. The van der Waals surface area contributed by atoms with E-state index < -0.39 is 11.9 Å². The number of amides is 1. The summed E-state index contributed by atoms with van der Waals surface area (Å²) >= 11 is 0. The average molecular weight is 257 g/mol. The molecule has 1 amide bonds. The minimum absolute atomic E-state index is 0.107. The third-order valence-electron chi connectivity index (χ3n) is 3.53. The molecule has 0 radical (unpaired) electrons. The fourth-order valence-electron chi connectivity index (χ4n) is 2.57. The second-order valence-corrected chi connectivity index (χ2v) is 5.12. The quantitative estimate of drug-likeness (QED) is 0.674. The molecule has 104 valence electrons. The minimum atomic E-state index is -0.848. The molecule has 1 fully saturated rings. The van der Waals surface area contributed by atoms with E-state index in [0.717, 1.165) is 12.8 Å². The molecular weight excluding hydrogens is 234 g/mol. The number of rotatable bonds is 7. The van der Waals surface area contributed by atoms with E-state index in [0.29, 0.717) is 31.9 Å². The molecule has 5 nitrogen and oxygen atoms in total. The molecule has 0 aliphatic heterocycles. The van der Waals surface area contributed by atoms with E-state index in [1.807, 2.05) is 6.92 Å². The van der Waals surface area contributed by atoms with Gasteiger partial charge in [0.25, 0.3) is 0 Å². The molecular formula is C13H23NO4. The summed E-state index contributed by atoms with van der Waals surface area (Å²) in [5.41, 5.74) is 0. The smallest absolute Gasteiger partial charge is 0.307 e. The largest absolute Gasteiger partial charge is 0.481 e. The molecule has 2 N–H and O–H groups in total. The Kier molecular flexibility index (Phi) is 6.12. The normalized spacial score (nSPS) is 27.1. The number of ether oxygens (including phenoxy) is 1. The highest BCUT2D eigenvalue weighted by Crippen LogP contribution is 2.36. The first-order valence-corrected chi connectivity index (χ1v) is 6.55.